The van der Waals surface area contributed by atoms with Crippen molar-refractivity contribution in [2.45, 2.75) is 4.90 Å². The maximum Gasteiger partial charge on any atom is 0.243 e. The van der Waals surface area contributed by atoms with Gasteiger partial charge in [-0.15, -0.1) is 0 Å². The molecule has 2 aromatic carbocycles. The van der Waals surface area contributed by atoms with E-state index < -0.39 is 10.0 Å². The van der Waals surface area contributed by atoms with Gasteiger partial charge in [-0.25, -0.2) is 13.4 Å². The van der Waals surface area contributed by atoms with E-state index in [1.54, 1.807) is 12.1 Å². The first-order valence-corrected chi connectivity index (χ1v) is 10.8. The number of benzene rings is 2. The molecule has 0 atom stereocenters. The number of rotatable bonds is 5. The summed E-state index contributed by atoms with van der Waals surface area (Å²) in [4.78, 5) is 7.03. The summed E-state index contributed by atoms with van der Waals surface area (Å²) in [6.45, 7) is 1.95. The van der Waals surface area contributed by atoms with Crippen LogP contribution in [0.2, 0.25) is 0 Å². The average molecular weight is 413 g/mol. The van der Waals surface area contributed by atoms with Crippen LogP contribution < -0.4 is 14.4 Å². The van der Waals surface area contributed by atoms with E-state index in [9.17, 15) is 8.42 Å². The van der Waals surface area contributed by atoms with Gasteiger partial charge in [-0.1, -0.05) is 18.2 Å². The van der Waals surface area contributed by atoms with Crippen LogP contribution in [-0.4, -0.2) is 58.1 Å². The van der Waals surface area contributed by atoms with Gasteiger partial charge < -0.3 is 14.4 Å². The summed E-state index contributed by atoms with van der Waals surface area (Å²) in [5.41, 5.74) is 0.936. The summed E-state index contributed by atoms with van der Waals surface area (Å²) >= 11 is 0. The molecule has 1 aliphatic rings. The molecule has 2 heterocycles. The highest BCUT2D eigenvalue weighted by atomic mass is 32.2. The molecule has 0 bridgehead atoms. The second-order valence-corrected chi connectivity index (χ2v) is 8.71. The summed E-state index contributed by atoms with van der Waals surface area (Å²) in [5, 5.41) is 1.09. The zero-order chi connectivity index (χ0) is 20.4. The van der Waals surface area contributed by atoms with Crippen molar-refractivity contribution in [2.24, 2.45) is 0 Å². The van der Waals surface area contributed by atoms with Gasteiger partial charge in [-0.2, -0.15) is 4.31 Å². The number of pyridine rings is 1. The Labute approximate surface area is 170 Å². The van der Waals surface area contributed by atoms with E-state index in [0.717, 1.165) is 16.7 Å². The number of hydrogen-bond acceptors (Lipinski definition) is 6. The van der Waals surface area contributed by atoms with Crippen molar-refractivity contribution in [1.29, 1.82) is 0 Å². The third-order valence-electron chi connectivity index (χ3n) is 5.14. The van der Waals surface area contributed by atoms with Crippen LogP contribution in [-0.2, 0) is 10.0 Å². The fraction of sp³-hybridized carbons (Fsp3) is 0.286. The van der Waals surface area contributed by atoms with E-state index in [0.29, 0.717) is 37.7 Å². The normalized spacial score (nSPS) is 15.4. The molecule has 0 saturated carbocycles. The fourth-order valence-electron chi connectivity index (χ4n) is 3.52. The Morgan fingerprint density at radius 3 is 2.31 bits per heavy atom. The first kappa shape index (κ1) is 19.5. The topological polar surface area (TPSA) is 72.0 Å². The number of ether oxygens (including phenoxy) is 2. The van der Waals surface area contributed by atoms with Gasteiger partial charge in [0.15, 0.2) is 11.5 Å². The van der Waals surface area contributed by atoms with Crippen molar-refractivity contribution in [3.05, 3.63) is 54.6 Å². The number of methoxy groups -OCH3 is 2. The monoisotopic (exact) mass is 413 g/mol. The molecule has 1 aliphatic heterocycles. The van der Waals surface area contributed by atoms with E-state index in [4.69, 9.17) is 14.5 Å². The van der Waals surface area contributed by atoms with E-state index in [1.807, 2.05) is 36.4 Å². The number of anilines is 1. The third kappa shape index (κ3) is 3.73. The molecule has 0 N–H and O–H groups in total. The van der Waals surface area contributed by atoms with Gasteiger partial charge >= 0.3 is 0 Å². The van der Waals surface area contributed by atoms with Gasteiger partial charge in [0.05, 0.1) is 24.6 Å². The van der Waals surface area contributed by atoms with Gasteiger partial charge in [0, 0.05) is 37.6 Å². The van der Waals surface area contributed by atoms with E-state index in [2.05, 4.69) is 4.90 Å². The van der Waals surface area contributed by atoms with Gasteiger partial charge in [-0.3, -0.25) is 0 Å². The minimum Gasteiger partial charge on any atom is -0.493 e. The van der Waals surface area contributed by atoms with E-state index >= 15 is 0 Å². The van der Waals surface area contributed by atoms with Crippen molar-refractivity contribution >= 4 is 26.7 Å². The van der Waals surface area contributed by atoms with Crippen LogP contribution in [0, 0.1) is 0 Å². The lowest BCUT2D eigenvalue weighted by atomic mass is 10.2. The predicted molar refractivity (Wildman–Crippen MR) is 112 cm³/mol. The minimum absolute atomic E-state index is 0.201. The molecule has 0 unspecified atom stereocenters. The van der Waals surface area contributed by atoms with Crippen molar-refractivity contribution < 1.29 is 17.9 Å². The number of sulfonamides is 1. The molecular formula is C21H23N3O4S. The lowest BCUT2D eigenvalue weighted by Gasteiger charge is -2.34. The Hall–Kier alpha value is -2.84. The van der Waals surface area contributed by atoms with Crippen LogP contribution in [0.4, 0.5) is 5.82 Å². The number of para-hydroxylation sites is 1. The average Bonchev–Trinajstić information content (AvgIpc) is 2.78. The van der Waals surface area contributed by atoms with Gasteiger partial charge in [0.25, 0.3) is 0 Å². The maximum atomic E-state index is 13.1. The highest BCUT2D eigenvalue weighted by Crippen LogP contribution is 2.31. The molecule has 152 valence electrons. The first-order valence-electron chi connectivity index (χ1n) is 9.36. The Morgan fingerprint density at radius 2 is 1.59 bits per heavy atom. The number of fused-ring (bicyclic) bond motifs is 1. The Bertz CT molecular complexity index is 1130. The second kappa shape index (κ2) is 7.88. The van der Waals surface area contributed by atoms with Crippen molar-refractivity contribution in [3.8, 4) is 11.5 Å². The number of piperazine rings is 1. The van der Waals surface area contributed by atoms with Gasteiger partial charge in [0.1, 0.15) is 5.82 Å². The summed E-state index contributed by atoms with van der Waals surface area (Å²) in [6, 6.07) is 16.7. The second-order valence-electron chi connectivity index (χ2n) is 6.77. The molecule has 1 aromatic heterocycles. The van der Waals surface area contributed by atoms with Crippen LogP contribution >= 0.6 is 0 Å². The zero-order valence-electron chi connectivity index (χ0n) is 16.4. The van der Waals surface area contributed by atoms with Gasteiger partial charge in [0.2, 0.25) is 10.0 Å². The largest absolute Gasteiger partial charge is 0.493 e. The lowest BCUT2D eigenvalue weighted by Crippen LogP contribution is -2.48. The molecule has 29 heavy (non-hydrogen) atoms. The number of aromatic nitrogens is 1. The molecule has 0 amide bonds. The molecule has 0 radical (unpaired) electrons. The van der Waals surface area contributed by atoms with Crippen LogP contribution in [0.25, 0.3) is 10.9 Å². The molecule has 4 rings (SSSR count). The quantitative estimate of drug-likeness (QED) is 0.641. The van der Waals surface area contributed by atoms with Crippen LogP contribution in [0.15, 0.2) is 59.5 Å². The Morgan fingerprint density at radius 1 is 0.862 bits per heavy atom. The summed E-state index contributed by atoms with van der Waals surface area (Å²) in [7, 11) is -0.600. The summed E-state index contributed by atoms with van der Waals surface area (Å²) in [6.07, 6.45) is 0. The number of hydrogen-bond donors (Lipinski definition) is 0. The van der Waals surface area contributed by atoms with Crippen LogP contribution in [0.1, 0.15) is 0 Å². The molecular weight excluding hydrogens is 390 g/mol. The summed E-state index contributed by atoms with van der Waals surface area (Å²) < 4.78 is 38.1. The standard InChI is InChI=1S/C21H23N3O4S/c1-27-19-9-8-17(15-20(19)28-2)29(25,26)24-13-11-23(12-14-24)21-10-7-16-5-3-4-6-18(16)22-21/h3-10,15H,11-14H2,1-2H3. The van der Waals surface area contributed by atoms with Gasteiger partial charge in [-0.05, 0) is 30.3 Å². The van der Waals surface area contributed by atoms with E-state index in [-0.39, 0.29) is 4.90 Å². The molecule has 3 aromatic rings. The third-order valence-corrected chi connectivity index (χ3v) is 7.03. The molecule has 7 nitrogen and oxygen atoms in total. The van der Waals surface area contributed by atoms with E-state index in [1.165, 1.54) is 24.6 Å². The van der Waals surface area contributed by atoms with Crippen molar-refractivity contribution in [1.82, 2.24) is 9.29 Å². The highest BCUT2D eigenvalue weighted by molar-refractivity contribution is 7.89. The predicted octanol–water partition coefficient (Wildman–Crippen LogP) is 2.76. The van der Waals surface area contributed by atoms with Crippen molar-refractivity contribution in [3.63, 3.8) is 0 Å². The zero-order valence-corrected chi connectivity index (χ0v) is 17.2. The number of nitrogens with zero attached hydrogens (tertiary/aromatic N) is 3. The molecule has 0 aliphatic carbocycles. The van der Waals surface area contributed by atoms with Crippen molar-refractivity contribution in [2.75, 3.05) is 45.3 Å². The molecule has 1 fully saturated rings. The smallest absolute Gasteiger partial charge is 0.243 e. The lowest BCUT2D eigenvalue weighted by molar-refractivity contribution is 0.353. The first-order chi connectivity index (χ1) is 14.0. The summed E-state index contributed by atoms with van der Waals surface area (Å²) in [5.74, 6) is 1.76. The fourth-order valence-corrected chi connectivity index (χ4v) is 4.95. The van der Waals surface area contributed by atoms with Crippen LogP contribution in [0.5, 0.6) is 11.5 Å². The van der Waals surface area contributed by atoms with Crippen LogP contribution in [0.3, 0.4) is 0 Å². The minimum atomic E-state index is -3.61. The SMILES string of the molecule is COc1ccc(S(=O)(=O)N2CCN(c3ccc4ccccc4n3)CC2)cc1OC. The molecule has 0 spiro atoms. The Balaban J connectivity index is 1.51. The molecule has 1 saturated heterocycles. The molecule has 8 heteroatoms. The highest BCUT2D eigenvalue weighted by Gasteiger charge is 2.29. The Kier molecular flexibility index (Phi) is 5.29. The maximum absolute atomic E-state index is 13.1.